The lowest BCUT2D eigenvalue weighted by Gasteiger charge is -2.37. The average Bonchev–Trinajstić information content (AvgIpc) is 2.50. The summed E-state index contributed by atoms with van der Waals surface area (Å²) in [6, 6.07) is 8.18. The van der Waals surface area contributed by atoms with Crippen molar-refractivity contribution in [2.45, 2.75) is 32.1 Å². The van der Waals surface area contributed by atoms with Crippen molar-refractivity contribution in [3.05, 3.63) is 34.3 Å². The van der Waals surface area contributed by atoms with E-state index in [4.69, 9.17) is 16.3 Å². The summed E-state index contributed by atoms with van der Waals surface area (Å²) in [5.74, 6) is 0. The number of likely N-dealkylation sites (tertiary alicyclic amines) is 1. The van der Waals surface area contributed by atoms with E-state index < -0.39 is 5.41 Å². The van der Waals surface area contributed by atoms with Crippen LogP contribution in [0.2, 0.25) is 5.02 Å². The van der Waals surface area contributed by atoms with Crippen molar-refractivity contribution < 1.29 is 9.53 Å². The molecule has 1 aliphatic rings. The first-order chi connectivity index (χ1) is 10.0. The van der Waals surface area contributed by atoms with Crippen molar-refractivity contribution in [3.63, 3.8) is 0 Å². The molecule has 0 radical (unpaired) electrons. The Balaban J connectivity index is 2.17. The summed E-state index contributed by atoms with van der Waals surface area (Å²) in [5, 5.41) is 10.4. The van der Waals surface area contributed by atoms with E-state index in [0.29, 0.717) is 37.6 Å². The van der Waals surface area contributed by atoms with Crippen LogP contribution in [0.4, 0.5) is 4.79 Å². The maximum absolute atomic E-state index is 11.7. The van der Waals surface area contributed by atoms with Gasteiger partial charge in [-0.25, -0.2) is 4.79 Å². The zero-order chi connectivity index (χ0) is 15.5. The number of nitrogens with zero attached hydrogens (tertiary/aromatic N) is 2. The Morgan fingerprint density at radius 3 is 2.67 bits per heavy atom. The Bertz CT molecular complexity index is 572. The van der Waals surface area contributed by atoms with E-state index in [2.05, 4.69) is 6.07 Å². The van der Waals surface area contributed by atoms with Crippen molar-refractivity contribution in [2.24, 2.45) is 0 Å². The minimum absolute atomic E-state index is 0.295. The molecule has 2 rings (SSSR count). The number of carbonyl (C=O) groups excluding carboxylic acids is 1. The van der Waals surface area contributed by atoms with Crippen LogP contribution in [0.1, 0.15) is 30.9 Å². The fourth-order valence-corrected chi connectivity index (χ4v) is 2.81. The van der Waals surface area contributed by atoms with Gasteiger partial charge in [-0.05, 0) is 43.9 Å². The van der Waals surface area contributed by atoms with Crippen LogP contribution in [-0.2, 0) is 10.2 Å². The van der Waals surface area contributed by atoms with Gasteiger partial charge in [0.25, 0.3) is 0 Å². The number of halogens is 1. The maximum Gasteiger partial charge on any atom is 0.409 e. The predicted molar refractivity (Wildman–Crippen MR) is 81.3 cm³/mol. The predicted octanol–water partition coefficient (Wildman–Crippen LogP) is 3.66. The second-order valence-corrected chi connectivity index (χ2v) is 5.75. The summed E-state index contributed by atoms with van der Waals surface area (Å²) in [6.07, 6.45) is 0.934. The van der Waals surface area contributed by atoms with Crippen molar-refractivity contribution >= 4 is 17.7 Å². The van der Waals surface area contributed by atoms with E-state index in [1.807, 2.05) is 25.1 Å². The summed E-state index contributed by atoms with van der Waals surface area (Å²) in [4.78, 5) is 13.4. The zero-order valence-corrected chi connectivity index (χ0v) is 13.1. The molecule has 0 spiro atoms. The number of hydrogen-bond donors (Lipinski definition) is 0. The normalized spacial score (nSPS) is 17.1. The van der Waals surface area contributed by atoms with E-state index in [0.717, 1.165) is 11.1 Å². The number of nitriles is 1. The van der Waals surface area contributed by atoms with Gasteiger partial charge >= 0.3 is 6.09 Å². The molecule has 21 heavy (non-hydrogen) atoms. The molecule has 0 aliphatic carbocycles. The van der Waals surface area contributed by atoms with Crippen LogP contribution in [0.15, 0.2) is 18.2 Å². The monoisotopic (exact) mass is 306 g/mol. The Morgan fingerprint density at radius 2 is 2.14 bits per heavy atom. The second-order valence-electron chi connectivity index (χ2n) is 5.34. The molecule has 1 heterocycles. The van der Waals surface area contributed by atoms with Crippen LogP contribution >= 0.6 is 11.6 Å². The zero-order valence-electron chi connectivity index (χ0n) is 12.4. The molecule has 1 saturated heterocycles. The molecule has 0 atom stereocenters. The van der Waals surface area contributed by atoms with Gasteiger partial charge in [-0.2, -0.15) is 5.26 Å². The van der Waals surface area contributed by atoms with Crippen LogP contribution in [0.5, 0.6) is 0 Å². The molecule has 0 bridgehead atoms. The highest BCUT2D eigenvalue weighted by molar-refractivity contribution is 6.31. The third-order valence-electron chi connectivity index (χ3n) is 4.07. The second kappa shape index (κ2) is 6.36. The molecular formula is C16H19ClN2O2. The third-order valence-corrected chi connectivity index (χ3v) is 4.49. The van der Waals surface area contributed by atoms with Crippen molar-refractivity contribution in [3.8, 4) is 6.07 Å². The molecule has 0 saturated carbocycles. The lowest BCUT2D eigenvalue weighted by Crippen LogP contribution is -2.44. The van der Waals surface area contributed by atoms with E-state index in [1.54, 1.807) is 11.8 Å². The van der Waals surface area contributed by atoms with Crippen molar-refractivity contribution in [1.29, 1.82) is 5.26 Å². The number of carbonyl (C=O) groups is 1. The quantitative estimate of drug-likeness (QED) is 0.838. The Kier molecular flexibility index (Phi) is 4.74. The first-order valence-electron chi connectivity index (χ1n) is 7.12. The summed E-state index contributed by atoms with van der Waals surface area (Å²) in [7, 11) is 0. The van der Waals surface area contributed by atoms with E-state index in [1.165, 1.54) is 0 Å². The minimum atomic E-state index is -0.543. The number of amides is 1. The third kappa shape index (κ3) is 3.14. The van der Waals surface area contributed by atoms with Crippen molar-refractivity contribution in [2.75, 3.05) is 19.7 Å². The summed E-state index contributed by atoms with van der Waals surface area (Å²) in [6.45, 7) is 5.17. The first kappa shape index (κ1) is 15.7. The Labute approximate surface area is 130 Å². The SMILES string of the molecule is CCOC(=O)N1CCC(C#N)(c2ccc(Cl)c(C)c2)CC1. The molecule has 1 fully saturated rings. The number of aryl methyl sites for hydroxylation is 1. The van der Waals surface area contributed by atoms with Gasteiger partial charge in [0.1, 0.15) is 0 Å². The molecule has 0 unspecified atom stereocenters. The highest BCUT2D eigenvalue weighted by atomic mass is 35.5. The molecular weight excluding hydrogens is 288 g/mol. The molecule has 1 aliphatic heterocycles. The highest BCUT2D eigenvalue weighted by Crippen LogP contribution is 2.36. The first-order valence-corrected chi connectivity index (χ1v) is 7.50. The Hall–Kier alpha value is -1.73. The Morgan fingerprint density at radius 1 is 1.48 bits per heavy atom. The number of benzene rings is 1. The smallest absolute Gasteiger partial charge is 0.409 e. The van der Waals surface area contributed by atoms with Gasteiger partial charge in [-0.1, -0.05) is 23.7 Å². The van der Waals surface area contributed by atoms with E-state index in [-0.39, 0.29) is 6.09 Å². The van der Waals surface area contributed by atoms with Crippen molar-refractivity contribution in [1.82, 2.24) is 4.90 Å². The van der Waals surface area contributed by atoms with Gasteiger partial charge in [0.05, 0.1) is 18.1 Å². The van der Waals surface area contributed by atoms with Gasteiger partial charge in [-0.3, -0.25) is 0 Å². The molecule has 1 aromatic carbocycles. The maximum atomic E-state index is 11.7. The van der Waals surface area contributed by atoms with Gasteiger partial charge in [0.15, 0.2) is 0 Å². The van der Waals surface area contributed by atoms with Crippen LogP contribution < -0.4 is 0 Å². The number of piperidine rings is 1. The van der Waals surface area contributed by atoms with E-state index in [9.17, 15) is 10.1 Å². The van der Waals surface area contributed by atoms with Crippen LogP contribution in [-0.4, -0.2) is 30.7 Å². The summed E-state index contributed by atoms with van der Waals surface area (Å²) in [5.41, 5.74) is 1.41. The molecule has 0 aromatic heterocycles. The van der Waals surface area contributed by atoms with Gasteiger partial charge in [-0.15, -0.1) is 0 Å². The molecule has 1 aromatic rings. The fourth-order valence-electron chi connectivity index (χ4n) is 2.69. The molecule has 112 valence electrons. The lowest BCUT2D eigenvalue weighted by molar-refractivity contribution is 0.0921. The summed E-state index contributed by atoms with van der Waals surface area (Å²) < 4.78 is 5.01. The molecule has 4 nitrogen and oxygen atoms in total. The summed E-state index contributed by atoms with van der Waals surface area (Å²) >= 11 is 6.06. The van der Waals surface area contributed by atoms with Crippen LogP contribution in [0, 0.1) is 18.3 Å². The van der Waals surface area contributed by atoms with Crippen LogP contribution in [0.25, 0.3) is 0 Å². The fraction of sp³-hybridized carbons (Fsp3) is 0.500. The molecule has 1 amide bonds. The number of rotatable bonds is 2. The highest BCUT2D eigenvalue weighted by Gasteiger charge is 2.38. The number of hydrogen-bond acceptors (Lipinski definition) is 3. The molecule has 5 heteroatoms. The topological polar surface area (TPSA) is 53.3 Å². The minimum Gasteiger partial charge on any atom is -0.450 e. The van der Waals surface area contributed by atoms with Gasteiger partial charge in [0, 0.05) is 18.1 Å². The standard InChI is InChI=1S/C16H19ClN2O2/c1-3-21-15(20)19-8-6-16(11-18,7-9-19)13-4-5-14(17)12(2)10-13/h4-5,10H,3,6-9H2,1-2H3. The van der Waals surface area contributed by atoms with Gasteiger partial charge in [0.2, 0.25) is 0 Å². The molecule has 0 N–H and O–H groups in total. The average molecular weight is 307 g/mol. The number of ether oxygens (including phenoxy) is 1. The lowest BCUT2D eigenvalue weighted by atomic mass is 9.74. The van der Waals surface area contributed by atoms with E-state index >= 15 is 0 Å². The largest absolute Gasteiger partial charge is 0.450 e. The van der Waals surface area contributed by atoms with Crippen LogP contribution in [0.3, 0.4) is 0 Å². The van der Waals surface area contributed by atoms with Gasteiger partial charge < -0.3 is 9.64 Å².